The predicted molar refractivity (Wildman–Crippen MR) is 155 cm³/mol. The second-order valence-corrected chi connectivity index (χ2v) is 10.2. The summed E-state index contributed by atoms with van der Waals surface area (Å²) < 4.78 is 26.0. The number of halogens is 1. The second kappa shape index (κ2) is 10.6. The highest BCUT2D eigenvalue weighted by Gasteiger charge is 2.17. The minimum absolute atomic E-state index is 0.350. The number of hydrogen-bond donors (Lipinski definition) is 2. The average Bonchev–Trinajstić information content (AvgIpc) is 3.76. The van der Waals surface area contributed by atoms with Crippen molar-refractivity contribution in [1.29, 1.82) is 0 Å². The molecule has 0 amide bonds. The first-order valence-electron chi connectivity index (χ1n) is 13.6. The fraction of sp³-hybridized carbons (Fsp3) is 0.226. The number of benzene rings is 1. The van der Waals surface area contributed by atoms with Crippen LogP contribution in [0.3, 0.4) is 0 Å². The maximum atomic E-state index is 14.7. The van der Waals surface area contributed by atoms with Gasteiger partial charge in [0.1, 0.15) is 23.9 Å². The number of methoxy groups -OCH3 is 1. The van der Waals surface area contributed by atoms with Gasteiger partial charge in [0.25, 0.3) is 0 Å². The van der Waals surface area contributed by atoms with Crippen molar-refractivity contribution in [3.8, 4) is 45.1 Å². The first-order valence-corrected chi connectivity index (χ1v) is 13.6. The highest BCUT2D eigenvalue weighted by Crippen LogP contribution is 2.35. The normalized spacial score (nSPS) is 13.8. The molecule has 1 saturated heterocycles. The summed E-state index contributed by atoms with van der Waals surface area (Å²) in [5, 5.41) is 9.30. The number of ether oxygens (including phenoxy) is 2. The fourth-order valence-electron chi connectivity index (χ4n) is 5.47. The molecule has 6 aromatic rings. The topological polar surface area (TPSA) is 105 Å². The van der Waals surface area contributed by atoms with Gasteiger partial charge in [-0.25, -0.2) is 9.37 Å². The van der Waals surface area contributed by atoms with E-state index in [9.17, 15) is 4.39 Å². The van der Waals surface area contributed by atoms with Crippen LogP contribution >= 0.6 is 0 Å². The Morgan fingerprint density at radius 3 is 2.56 bits per heavy atom. The van der Waals surface area contributed by atoms with Crippen molar-refractivity contribution in [2.75, 3.05) is 33.4 Å². The van der Waals surface area contributed by atoms with E-state index >= 15 is 0 Å². The number of aromatic nitrogens is 6. The van der Waals surface area contributed by atoms with Crippen LogP contribution in [0.4, 0.5) is 4.39 Å². The van der Waals surface area contributed by atoms with Crippen molar-refractivity contribution < 1.29 is 13.9 Å². The zero-order chi connectivity index (χ0) is 27.8. The lowest BCUT2D eigenvalue weighted by Crippen LogP contribution is -2.25. The third-order valence-electron chi connectivity index (χ3n) is 7.56. The van der Waals surface area contributed by atoms with Crippen molar-refractivity contribution >= 4 is 21.9 Å². The molecule has 0 unspecified atom stereocenters. The Hall–Kier alpha value is -4.83. The Morgan fingerprint density at radius 1 is 0.854 bits per heavy atom. The van der Waals surface area contributed by atoms with E-state index in [4.69, 9.17) is 9.47 Å². The Kier molecular flexibility index (Phi) is 6.52. The van der Waals surface area contributed by atoms with Gasteiger partial charge in [-0.05, 0) is 61.8 Å². The molecule has 0 bridgehead atoms. The smallest absolute Gasteiger partial charge is 0.181 e. The van der Waals surface area contributed by atoms with Crippen molar-refractivity contribution in [2.24, 2.45) is 0 Å². The monoisotopic (exact) mass is 549 g/mol. The molecular formula is C31H28FN7O2. The van der Waals surface area contributed by atoms with E-state index < -0.39 is 0 Å². The molecule has 1 aromatic carbocycles. The summed E-state index contributed by atoms with van der Waals surface area (Å²) in [7, 11) is 1.61. The summed E-state index contributed by atoms with van der Waals surface area (Å²) in [6.45, 7) is 3.56. The van der Waals surface area contributed by atoms with Crippen LogP contribution in [0.25, 0.3) is 55.6 Å². The van der Waals surface area contributed by atoms with Gasteiger partial charge < -0.3 is 14.5 Å². The molecule has 1 fully saturated rings. The molecule has 0 atom stereocenters. The van der Waals surface area contributed by atoms with Gasteiger partial charge in [-0.15, -0.1) is 0 Å². The lowest BCUT2D eigenvalue weighted by Gasteiger charge is -2.15. The Bertz CT molecular complexity index is 1860. The quantitative estimate of drug-likeness (QED) is 0.245. The third-order valence-corrected chi connectivity index (χ3v) is 7.56. The van der Waals surface area contributed by atoms with Crippen LogP contribution in [0.2, 0.25) is 0 Å². The van der Waals surface area contributed by atoms with E-state index in [-0.39, 0.29) is 5.82 Å². The molecule has 7 rings (SSSR count). The molecule has 9 nitrogen and oxygen atoms in total. The fourth-order valence-corrected chi connectivity index (χ4v) is 5.47. The zero-order valence-electron chi connectivity index (χ0n) is 22.5. The molecule has 0 saturated carbocycles. The molecule has 5 aromatic heterocycles. The highest BCUT2D eigenvalue weighted by molar-refractivity contribution is 6.00. The molecule has 0 radical (unpaired) electrons. The maximum absolute atomic E-state index is 14.7. The maximum Gasteiger partial charge on any atom is 0.181 e. The summed E-state index contributed by atoms with van der Waals surface area (Å²) in [5.74, 6) is 0.831. The van der Waals surface area contributed by atoms with E-state index in [0.717, 1.165) is 64.0 Å². The average molecular weight is 550 g/mol. The van der Waals surface area contributed by atoms with E-state index in [1.54, 1.807) is 38.1 Å². The first-order chi connectivity index (χ1) is 20.1. The van der Waals surface area contributed by atoms with E-state index in [1.807, 2.05) is 24.3 Å². The van der Waals surface area contributed by atoms with Crippen molar-refractivity contribution in [3.05, 3.63) is 73.2 Å². The first kappa shape index (κ1) is 25.2. The number of hydrogen-bond acceptors (Lipinski definition) is 7. The summed E-state index contributed by atoms with van der Waals surface area (Å²) in [4.78, 5) is 19.1. The highest BCUT2D eigenvalue weighted by atomic mass is 19.1. The molecule has 0 aliphatic carbocycles. The standard InChI is InChI=1S/C31H28FN7O2/c1-40-24-10-20(14-33-16-24)21-11-26-30(37-38-31(26)35-15-21)28-13-25-27(17-34-18-29(25)36-28)19-8-22(32)12-23(9-19)41-7-6-39-4-2-3-5-39/h8-18,36H,2-7H2,1H3,(H,35,37,38). The molecular weight excluding hydrogens is 521 g/mol. The molecule has 10 heteroatoms. The number of likely N-dealkylation sites (tertiary alicyclic amines) is 1. The van der Waals surface area contributed by atoms with Gasteiger partial charge in [-0.2, -0.15) is 5.10 Å². The molecule has 0 spiro atoms. The Balaban J connectivity index is 1.23. The predicted octanol–water partition coefficient (Wildman–Crippen LogP) is 5.85. The molecule has 41 heavy (non-hydrogen) atoms. The lowest BCUT2D eigenvalue weighted by atomic mass is 10.0. The third kappa shape index (κ3) is 4.98. The van der Waals surface area contributed by atoms with Crippen LogP contribution in [0.5, 0.6) is 11.5 Å². The van der Waals surface area contributed by atoms with Crippen molar-refractivity contribution in [3.63, 3.8) is 0 Å². The van der Waals surface area contributed by atoms with Crippen LogP contribution in [-0.4, -0.2) is 68.4 Å². The van der Waals surface area contributed by atoms with Gasteiger partial charge in [0, 0.05) is 58.7 Å². The van der Waals surface area contributed by atoms with Crippen LogP contribution in [0.15, 0.2) is 67.4 Å². The second-order valence-electron chi connectivity index (χ2n) is 10.2. The molecule has 6 heterocycles. The van der Waals surface area contributed by atoms with Crippen LogP contribution < -0.4 is 9.47 Å². The number of H-pyrrole nitrogens is 2. The van der Waals surface area contributed by atoms with E-state index in [0.29, 0.717) is 29.3 Å². The molecule has 2 N–H and O–H groups in total. The van der Waals surface area contributed by atoms with Crippen LogP contribution in [0.1, 0.15) is 12.8 Å². The van der Waals surface area contributed by atoms with E-state index in [2.05, 4.69) is 35.0 Å². The number of rotatable bonds is 8. The summed E-state index contributed by atoms with van der Waals surface area (Å²) in [5.41, 5.74) is 6.31. The molecule has 1 aliphatic heterocycles. The van der Waals surface area contributed by atoms with Gasteiger partial charge in [0.2, 0.25) is 0 Å². The van der Waals surface area contributed by atoms with Gasteiger partial charge in [0.05, 0.1) is 36.4 Å². The van der Waals surface area contributed by atoms with Gasteiger partial charge in [0.15, 0.2) is 5.65 Å². The van der Waals surface area contributed by atoms with E-state index in [1.165, 1.54) is 25.0 Å². The summed E-state index contributed by atoms with van der Waals surface area (Å²) >= 11 is 0. The number of fused-ring (bicyclic) bond motifs is 2. The number of nitrogens with zero attached hydrogens (tertiary/aromatic N) is 5. The molecule has 1 aliphatic rings. The van der Waals surface area contributed by atoms with Gasteiger partial charge in [-0.1, -0.05) is 0 Å². The zero-order valence-corrected chi connectivity index (χ0v) is 22.5. The minimum Gasteiger partial charge on any atom is -0.495 e. The van der Waals surface area contributed by atoms with Gasteiger partial charge in [-0.3, -0.25) is 20.0 Å². The summed E-state index contributed by atoms with van der Waals surface area (Å²) in [6, 6.07) is 10.8. The Labute approximate surface area is 235 Å². The summed E-state index contributed by atoms with van der Waals surface area (Å²) in [6.07, 6.45) is 11.2. The SMILES string of the molecule is COc1cncc(-c2cnc3n[nH]c(-c4cc5c(-c6cc(F)cc(OCCN7CCCC7)c6)cncc5[nH]4)c3c2)c1. The van der Waals surface area contributed by atoms with Crippen LogP contribution in [0, 0.1) is 5.82 Å². The number of nitrogens with one attached hydrogen (secondary N) is 2. The van der Waals surface area contributed by atoms with Crippen molar-refractivity contribution in [2.45, 2.75) is 12.8 Å². The van der Waals surface area contributed by atoms with Crippen molar-refractivity contribution in [1.82, 2.24) is 35.0 Å². The van der Waals surface area contributed by atoms with Crippen LogP contribution in [-0.2, 0) is 0 Å². The largest absolute Gasteiger partial charge is 0.495 e. The Morgan fingerprint density at radius 2 is 1.68 bits per heavy atom. The minimum atomic E-state index is -0.350. The number of aromatic amines is 2. The number of pyridine rings is 3. The lowest BCUT2D eigenvalue weighted by molar-refractivity contribution is 0.237. The molecule has 206 valence electrons. The van der Waals surface area contributed by atoms with Gasteiger partial charge >= 0.3 is 0 Å².